The lowest BCUT2D eigenvalue weighted by Crippen LogP contribution is -2.58. The van der Waals surface area contributed by atoms with Crippen LogP contribution in [0.15, 0.2) is 0 Å². The minimum atomic E-state index is -0.597. The van der Waals surface area contributed by atoms with E-state index >= 15 is 0 Å². The largest absolute Gasteiger partial charge is 0.481 e. The maximum absolute atomic E-state index is 11.5. The van der Waals surface area contributed by atoms with E-state index in [1.807, 2.05) is 0 Å². The molecule has 2 rings (SSSR count). The van der Waals surface area contributed by atoms with Gasteiger partial charge in [0.15, 0.2) is 0 Å². The first-order chi connectivity index (χ1) is 9.29. The van der Waals surface area contributed by atoms with Gasteiger partial charge in [-0.05, 0) is 46.0 Å². The van der Waals surface area contributed by atoms with Crippen molar-refractivity contribution in [3.05, 3.63) is 0 Å². The molecule has 0 aromatic rings. The molecule has 0 aromatic heterocycles. The Balaban J connectivity index is 1.98. The average Bonchev–Trinajstić information content (AvgIpc) is 2.37. The highest BCUT2D eigenvalue weighted by Gasteiger charge is 2.39. The highest BCUT2D eigenvalue weighted by molar-refractivity contribution is 5.71. The molecule has 0 bridgehead atoms. The molecular formula is C16H30N2O2. The van der Waals surface area contributed by atoms with Crippen molar-refractivity contribution >= 4 is 5.97 Å². The quantitative estimate of drug-likeness (QED) is 0.844. The summed E-state index contributed by atoms with van der Waals surface area (Å²) in [4.78, 5) is 16.4. The van der Waals surface area contributed by atoms with E-state index in [0.29, 0.717) is 5.92 Å². The van der Waals surface area contributed by atoms with Crippen molar-refractivity contribution in [1.29, 1.82) is 0 Å². The molecule has 3 unspecified atom stereocenters. The van der Waals surface area contributed by atoms with E-state index in [0.717, 1.165) is 45.4 Å². The molecule has 3 atom stereocenters. The minimum absolute atomic E-state index is 0.160. The van der Waals surface area contributed by atoms with E-state index < -0.39 is 5.97 Å². The van der Waals surface area contributed by atoms with Gasteiger partial charge < -0.3 is 5.11 Å². The van der Waals surface area contributed by atoms with Crippen LogP contribution >= 0.6 is 0 Å². The predicted octanol–water partition coefficient (Wildman–Crippen LogP) is 2.29. The van der Waals surface area contributed by atoms with Crippen molar-refractivity contribution in [2.24, 2.45) is 11.8 Å². The van der Waals surface area contributed by atoms with Crippen LogP contribution in [0.4, 0.5) is 0 Å². The Labute approximate surface area is 123 Å². The predicted molar refractivity (Wildman–Crippen MR) is 80.8 cm³/mol. The zero-order valence-corrected chi connectivity index (χ0v) is 13.4. The number of piperazine rings is 1. The highest BCUT2D eigenvalue weighted by Crippen LogP contribution is 2.33. The van der Waals surface area contributed by atoms with Gasteiger partial charge in [0, 0.05) is 37.8 Å². The smallest absolute Gasteiger partial charge is 0.308 e. The van der Waals surface area contributed by atoms with Crippen LogP contribution < -0.4 is 0 Å². The first-order valence-electron chi connectivity index (χ1n) is 8.01. The lowest BCUT2D eigenvalue weighted by Gasteiger charge is -2.47. The fourth-order valence-corrected chi connectivity index (χ4v) is 3.77. The van der Waals surface area contributed by atoms with E-state index in [-0.39, 0.29) is 17.5 Å². The third kappa shape index (κ3) is 3.53. The van der Waals surface area contributed by atoms with Gasteiger partial charge in [-0.15, -0.1) is 0 Å². The number of hydrogen-bond acceptors (Lipinski definition) is 3. The standard InChI is InChI=1S/C16H30N2O2/c1-12-5-6-13(15(19)20)14(11-12)17-7-9-18(10-8-17)16(2,3)4/h12-14H,5-11H2,1-4H3,(H,19,20). The van der Waals surface area contributed by atoms with E-state index in [1.54, 1.807) is 0 Å². The number of aliphatic carboxylic acids is 1. The lowest BCUT2D eigenvalue weighted by atomic mass is 9.78. The summed E-state index contributed by atoms with van der Waals surface area (Å²) < 4.78 is 0. The summed E-state index contributed by atoms with van der Waals surface area (Å²) >= 11 is 0. The Morgan fingerprint density at radius 2 is 1.70 bits per heavy atom. The Morgan fingerprint density at radius 3 is 2.20 bits per heavy atom. The molecule has 2 fully saturated rings. The lowest BCUT2D eigenvalue weighted by molar-refractivity contribution is -0.146. The van der Waals surface area contributed by atoms with Gasteiger partial charge in [-0.25, -0.2) is 0 Å². The van der Waals surface area contributed by atoms with Crippen molar-refractivity contribution in [2.45, 2.75) is 58.5 Å². The molecule has 4 nitrogen and oxygen atoms in total. The molecule has 0 spiro atoms. The fraction of sp³-hybridized carbons (Fsp3) is 0.938. The molecule has 0 amide bonds. The van der Waals surface area contributed by atoms with Crippen LogP contribution in [0, 0.1) is 11.8 Å². The number of rotatable bonds is 2. The number of carbonyl (C=O) groups is 1. The van der Waals surface area contributed by atoms with Gasteiger partial charge in [0.05, 0.1) is 5.92 Å². The Bertz CT molecular complexity index is 343. The van der Waals surface area contributed by atoms with E-state index in [4.69, 9.17) is 0 Å². The molecule has 1 saturated carbocycles. The molecule has 20 heavy (non-hydrogen) atoms. The first kappa shape index (κ1) is 15.8. The van der Waals surface area contributed by atoms with Crippen molar-refractivity contribution in [1.82, 2.24) is 9.80 Å². The summed E-state index contributed by atoms with van der Waals surface area (Å²) in [6.45, 7) is 13.2. The normalized spacial score (nSPS) is 34.1. The molecule has 1 saturated heterocycles. The molecular weight excluding hydrogens is 252 g/mol. The zero-order valence-electron chi connectivity index (χ0n) is 13.4. The molecule has 1 aliphatic carbocycles. The topological polar surface area (TPSA) is 43.8 Å². The van der Waals surface area contributed by atoms with Crippen LogP contribution in [-0.2, 0) is 4.79 Å². The maximum atomic E-state index is 11.5. The Hall–Kier alpha value is -0.610. The van der Waals surface area contributed by atoms with E-state index in [9.17, 15) is 9.90 Å². The van der Waals surface area contributed by atoms with Crippen LogP contribution in [-0.4, -0.2) is 58.6 Å². The van der Waals surface area contributed by atoms with E-state index in [2.05, 4.69) is 37.5 Å². The fourth-order valence-electron chi connectivity index (χ4n) is 3.77. The molecule has 0 aromatic carbocycles. The molecule has 1 heterocycles. The number of carboxylic acid groups (broad SMARTS) is 1. The third-order valence-corrected chi connectivity index (χ3v) is 5.13. The van der Waals surface area contributed by atoms with E-state index in [1.165, 1.54) is 0 Å². The van der Waals surface area contributed by atoms with Gasteiger partial charge in [0.2, 0.25) is 0 Å². The number of hydrogen-bond donors (Lipinski definition) is 1. The molecule has 2 aliphatic rings. The van der Waals surface area contributed by atoms with Crippen molar-refractivity contribution < 1.29 is 9.90 Å². The SMILES string of the molecule is CC1CCC(C(=O)O)C(N2CCN(C(C)(C)C)CC2)C1. The van der Waals surface area contributed by atoms with Gasteiger partial charge in [-0.2, -0.15) is 0 Å². The summed E-state index contributed by atoms with van der Waals surface area (Å²) in [6, 6.07) is 0.248. The zero-order chi connectivity index (χ0) is 14.9. The second-order valence-corrected chi connectivity index (χ2v) is 7.62. The summed E-state index contributed by atoms with van der Waals surface area (Å²) in [7, 11) is 0. The van der Waals surface area contributed by atoms with Crippen LogP contribution in [0.2, 0.25) is 0 Å². The van der Waals surface area contributed by atoms with Crippen LogP contribution in [0.25, 0.3) is 0 Å². The maximum Gasteiger partial charge on any atom is 0.308 e. The summed E-state index contributed by atoms with van der Waals surface area (Å²) in [5.74, 6) is -0.0937. The second kappa shape index (κ2) is 6.02. The molecule has 1 N–H and O–H groups in total. The van der Waals surface area contributed by atoms with Gasteiger partial charge in [-0.3, -0.25) is 14.6 Å². The van der Waals surface area contributed by atoms with Crippen LogP contribution in [0.5, 0.6) is 0 Å². The molecule has 116 valence electrons. The highest BCUT2D eigenvalue weighted by atomic mass is 16.4. The van der Waals surface area contributed by atoms with Crippen molar-refractivity contribution in [3.63, 3.8) is 0 Å². The van der Waals surface area contributed by atoms with Gasteiger partial charge >= 0.3 is 5.97 Å². The third-order valence-electron chi connectivity index (χ3n) is 5.13. The summed E-state index contributed by atoms with van der Waals surface area (Å²) in [5, 5.41) is 9.47. The monoisotopic (exact) mass is 282 g/mol. The Kier molecular flexibility index (Phi) is 4.75. The number of nitrogens with zero attached hydrogens (tertiary/aromatic N) is 2. The number of carboxylic acids is 1. The second-order valence-electron chi connectivity index (χ2n) is 7.62. The summed E-state index contributed by atoms with van der Waals surface area (Å²) in [6.07, 6.45) is 2.96. The Morgan fingerprint density at radius 1 is 1.10 bits per heavy atom. The van der Waals surface area contributed by atoms with Gasteiger partial charge in [0.25, 0.3) is 0 Å². The molecule has 0 radical (unpaired) electrons. The average molecular weight is 282 g/mol. The molecule has 4 heteroatoms. The van der Waals surface area contributed by atoms with Crippen LogP contribution in [0.3, 0.4) is 0 Å². The van der Waals surface area contributed by atoms with Crippen LogP contribution in [0.1, 0.15) is 47.0 Å². The first-order valence-corrected chi connectivity index (χ1v) is 8.01. The van der Waals surface area contributed by atoms with Gasteiger partial charge in [-0.1, -0.05) is 6.92 Å². The van der Waals surface area contributed by atoms with Gasteiger partial charge in [0.1, 0.15) is 0 Å². The minimum Gasteiger partial charge on any atom is -0.481 e. The van der Waals surface area contributed by atoms with Crippen molar-refractivity contribution in [2.75, 3.05) is 26.2 Å². The summed E-state index contributed by atoms with van der Waals surface area (Å²) in [5.41, 5.74) is 0.220. The molecule has 1 aliphatic heterocycles. The van der Waals surface area contributed by atoms with Crippen molar-refractivity contribution in [3.8, 4) is 0 Å².